The standard InChI is InChI=1S/C12H17NO/c1-2-4-11(5-3-1)6-7-12-10-14-9-8-13-12/h1-5,12-13H,6-10H2/t12-/m0/s1. The maximum atomic E-state index is 5.41. The van der Waals surface area contributed by atoms with Gasteiger partial charge >= 0.3 is 0 Å². The molecular weight excluding hydrogens is 174 g/mol. The van der Waals surface area contributed by atoms with Crippen molar-refractivity contribution in [3.63, 3.8) is 0 Å². The first kappa shape index (κ1) is 9.69. The maximum absolute atomic E-state index is 5.41. The van der Waals surface area contributed by atoms with Crippen LogP contribution in [0.5, 0.6) is 0 Å². The number of ether oxygens (including phenoxy) is 1. The maximum Gasteiger partial charge on any atom is 0.0620 e. The molecule has 0 spiro atoms. The van der Waals surface area contributed by atoms with Gasteiger partial charge in [-0.3, -0.25) is 0 Å². The molecule has 1 aromatic rings. The molecule has 76 valence electrons. The van der Waals surface area contributed by atoms with Crippen molar-refractivity contribution in [3.8, 4) is 0 Å². The Morgan fingerprint density at radius 1 is 1.29 bits per heavy atom. The molecular formula is C12H17NO. The van der Waals surface area contributed by atoms with E-state index in [0.29, 0.717) is 6.04 Å². The number of hydrogen-bond donors (Lipinski definition) is 1. The van der Waals surface area contributed by atoms with E-state index in [1.165, 1.54) is 12.0 Å². The molecule has 2 heteroatoms. The summed E-state index contributed by atoms with van der Waals surface area (Å²) in [6.45, 7) is 2.73. The Balaban J connectivity index is 1.76. The van der Waals surface area contributed by atoms with Crippen LogP contribution in [-0.2, 0) is 11.2 Å². The van der Waals surface area contributed by atoms with Crippen LogP contribution in [0, 0.1) is 0 Å². The average molecular weight is 191 g/mol. The Labute approximate surface area is 85.3 Å². The van der Waals surface area contributed by atoms with Crippen molar-refractivity contribution < 1.29 is 4.74 Å². The van der Waals surface area contributed by atoms with Crippen molar-refractivity contribution in [2.75, 3.05) is 19.8 Å². The minimum absolute atomic E-state index is 0.545. The van der Waals surface area contributed by atoms with E-state index in [0.717, 1.165) is 26.2 Å². The molecule has 1 N–H and O–H groups in total. The molecule has 1 atom stereocenters. The van der Waals surface area contributed by atoms with E-state index in [1.807, 2.05) is 0 Å². The van der Waals surface area contributed by atoms with Gasteiger partial charge in [0.25, 0.3) is 0 Å². The number of hydrogen-bond acceptors (Lipinski definition) is 2. The van der Waals surface area contributed by atoms with E-state index in [1.54, 1.807) is 0 Å². The van der Waals surface area contributed by atoms with Gasteiger partial charge in [0.05, 0.1) is 13.2 Å². The van der Waals surface area contributed by atoms with Crippen molar-refractivity contribution in [1.29, 1.82) is 0 Å². The normalized spacial score (nSPS) is 22.1. The van der Waals surface area contributed by atoms with Crippen LogP contribution >= 0.6 is 0 Å². The highest BCUT2D eigenvalue weighted by molar-refractivity contribution is 5.14. The predicted octanol–water partition coefficient (Wildman–Crippen LogP) is 1.61. The summed E-state index contributed by atoms with van der Waals surface area (Å²) in [7, 11) is 0. The van der Waals surface area contributed by atoms with Crippen LogP contribution in [-0.4, -0.2) is 25.8 Å². The van der Waals surface area contributed by atoms with E-state index >= 15 is 0 Å². The monoisotopic (exact) mass is 191 g/mol. The van der Waals surface area contributed by atoms with Gasteiger partial charge in [-0.05, 0) is 18.4 Å². The van der Waals surface area contributed by atoms with Gasteiger partial charge in [0.2, 0.25) is 0 Å². The van der Waals surface area contributed by atoms with Crippen LogP contribution in [0.2, 0.25) is 0 Å². The third-order valence-corrected chi connectivity index (χ3v) is 2.62. The zero-order chi connectivity index (χ0) is 9.64. The summed E-state index contributed by atoms with van der Waals surface area (Å²) in [4.78, 5) is 0. The molecule has 0 aromatic heterocycles. The van der Waals surface area contributed by atoms with Gasteiger partial charge in [0, 0.05) is 12.6 Å². The molecule has 1 aliphatic heterocycles. The summed E-state index contributed by atoms with van der Waals surface area (Å²) in [5.74, 6) is 0. The Kier molecular flexibility index (Phi) is 3.55. The molecule has 1 saturated heterocycles. The predicted molar refractivity (Wildman–Crippen MR) is 57.4 cm³/mol. The highest BCUT2D eigenvalue weighted by Crippen LogP contribution is 2.06. The third-order valence-electron chi connectivity index (χ3n) is 2.62. The highest BCUT2D eigenvalue weighted by atomic mass is 16.5. The Morgan fingerprint density at radius 3 is 2.86 bits per heavy atom. The zero-order valence-electron chi connectivity index (χ0n) is 8.41. The van der Waals surface area contributed by atoms with Crippen molar-refractivity contribution >= 4 is 0 Å². The molecule has 1 heterocycles. The summed E-state index contributed by atoms with van der Waals surface area (Å²) < 4.78 is 5.41. The lowest BCUT2D eigenvalue weighted by atomic mass is 10.1. The average Bonchev–Trinajstić information content (AvgIpc) is 2.29. The topological polar surface area (TPSA) is 21.3 Å². The fourth-order valence-corrected chi connectivity index (χ4v) is 1.79. The van der Waals surface area contributed by atoms with Crippen LogP contribution in [0.15, 0.2) is 30.3 Å². The van der Waals surface area contributed by atoms with Crippen LogP contribution in [0.4, 0.5) is 0 Å². The van der Waals surface area contributed by atoms with E-state index < -0.39 is 0 Å². The van der Waals surface area contributed by atoms with Gasteiger partial charge in [-0.1, -0.05) is 30.3 Å². The lowest BCUT2D eigenvalue weighted by Gasteiger charge is -2.23. The molecule has 0 aliphatic carbocycles. The molecule has 2 rings (SSSR count). The quantitative estimate of drug-likeness (QED) is 0.783. The molecule has 1 aromatic carbocycles. The van der Waals surface area contributed by atoms with Crippen LogP contribution < -0.4 is 5.32 Å². The molecule has 0 radical (unpaired) electrons. The first-order chi connectivity index (χ1) is 6.95. The summed E-state index contributed by atoms with van der Waals surface area (Å²) >= 11 is 0. The molecule has 0 saturated carbocycles. The minimum atomic E-state index is 0.545. The lowest BCUT2D eigenvalue weighted by molar-refractivity contribution is 0.0743. The van der Waals surface area contributed by atoms with Crippen molar-refractivity contribution in [1.82, 2.24) is 5.32 Å². The number of morpholine rings is 1. The van der Waals surface area contributed by atoms with Gasteiger partial charge in [-0.25, -0.2) is 0 Å². The second kappa shape index (κ2) is 5.13. The van der Waals surface area contributed by atoms with Gasteiger partial charge in [0.15, 0.2) is 0 Å². The fraction of sp³-hybridized carbons (Fsp3) is 0.500. The summed E-state index contributed by atoms with van der Waals surface area (Å²) in [6.07, 6.45) is 2.31. The van der Waals surface area contributed by atoms with Gasteiger partial charge in [0.1, 0.15) is 0 Å². The molecule has 0 unspecified atom stereocenters. The summed E-state index contributed by atoms with van der Waals surface area (Å²) in [6, 6.07) is 11.2. The molecule has 0 amide bonds. The van der Waals surface area contributed by atoms with Crippen molar-refractivity contribution in [2.45, 2.75) is 18.9 Å². The third kappa shape index (κ3) is 2.82. The lowest BCUT2D eigenvalue weighted by Crippen LogP contribution is -2.41. The van der Waals surface area contributed by atoms with Crippen molar-refractivity contribution in [2.24, 2.45) is 0 Å². The van der Waals surface area contributed by atoms with E-state index in [-0.39, 0.29) is 0 Å². The molecule has 2 nitrogen and oxygen atoms in total. The zero-order valence-corrected chi connectivity index (χ0v) is 8.41. The second-order valence-corrected chi connectivity index (χ2v) is 3.75. The Morgan fingerprint density at radius 2 is 2.14 bits per heavy atom. The smallest absolute Gasteiger partial charge is 0.0620 e. The first-order valence-corrected chi connectivity index (χ1v) is 5.30. The van der Waals surface area contributed by atoms with E-state index in [4.69, 9.17) is 4.74 Å². The van der Waals surface area contributed by atoms with Crippen LogP contribution in [0.1, 0.15) is 12.0 Å². The number of nitrogens with one attached hydrogen (secondary N) is 1. The SMILES string of the molecule is c1ccc(CC[C@H]2COCCN2)cc1. The van der Waals surface area contributed by atoms with Gasteiger partial charge in [-0.2, -0.15) is 0 Å². The first-order valence-electron chi connectivity index (χ1n) is 5.30. The van der Waals surface area contributed by atoms with E-state index in [9.17, 15) is 0 Å². The summed E-state index contributed by atoms with van der Waals surface area (Å²) in [5, 5.41) is 3.46. The second-order valence-electron chi connectivity index (χ2n) is 3.75. The van der Waals surface area contributed by atoms with Crippen LogP contribution in [0.3, 0.4) is 0 Å². The molecule has 1 fully saturated rings. The molecule has 0 bridgehead atoms. The van der Waals surface area contributed by atoms with Gasteiger partial charge < -0.3 is 10.1 Å². The number of rotatable bonds is 3. The fourth-order valence-electron chi connectivity index (χ4n) is 1.79. The summed E-state index contributed by atoms with van der Waals surface area (Å²) in [5.41, 5.74) is 1.42. The largest absolute Gasteiger partial charge is 0.379 e. The van der Waals surface area contributed by atoms with Gasteiger partial charge in [-0.15, -0.1) is 0 Å². The Hall–Kier alpha value is -0.860. The highest BCUT2D eigenvalue weighted by Gasteiger charge is 2.11. The van der Waals surface area contributed by atoms with Crippen LogP contribution in [0.25, 0.3) is 0 Å². The number of benzene rings is 1. The molecule has 14 heavy (non-hydrogen) atoms. The van der Waals surface area contributed by atoms with E-state index in [2.05, 4.69) is 35.6 Å². The molecule has 1 aliphatic rings. The number of aryl methyl sites for hydroxylation is 1. The minimum Gasteiger partial charge on any atom is -0.379 e. The van der Waals surface area contributed by atoms with Crippen molar-refractivity contribution in [3.05, 3.63) is 35.9 Å². The Bertz CT molecular complexity index is 254.